The van der Waals surface area contributed by atoms with Gasteiger partial charge >= 0.3 is 0 Å². The number of hydrogen-bond acceptors (Lipinski definition) is 3. The molecule has 0 saturated carbocycles. The van der Waals surface area contributed by atoms with Gasteiger partial charge in [-0.3, -0.25) is 4.84 Å². The van der Waals surface area contributed by atoms with Crippen LogP contribution in [0.1, 0.15) is 18.6 Å². The Labute approximate surface area is 85.4 Å². The van der Waals surface area contributed by atoms with E-state index in [1.807, 2.05) is 0 Å². The van der Waals surface area contributed by atoms with Gasteiger partial charge in [0, 0.05) is 4.90 Å². The summed E-state index contributed by atoms with van der Waals surface area (Å²) in [5.74, 6) is 2.60. The van der Waals surface area contributed by atoms with Gasteiger partial charge < -0.3 is 0 Å². The number of benzene rings is 1. The molecule has 0 aliphatic heterocycles. The first kappa shape index (κ1) is 11.4. The van der Waals surface area contributed by atoms with Crippen LogP contribution in [0.25, 0.3) is 0 Å². The second-order valence-corrected chi connectivity index (χ2v) is 3.79. The number of thioether (sulfide) groups is 1. The Balaban J connectivity index is 2.78. The van der Waals surface area contributed by atoms with E-state index in [0.717, 1.165) is 5.56 Å². The Bertz CT molecular complexity index is 296. The summed E-state index contributed by atoms with van der Waals surface area (Å²) in [5.41, 5.74) is 0.790. The molecule has 0 radical (unpaired) electrons. The number of alkyl halides is 2. The van der Waals surface area contributed by atoms with Crippen molar-refractivity contribution in [3.8, 4) is 0 Å². The number of halogens is 2. The Morgan fingerprint density at radius 3 is 2.71 bits per heavy atom. The van der Waals surface area contributed by atoms with Crippen molar-refractivity contribution in [1.29, 1.82) is 0 Å². The number of rotatable bonds is 4. The van der Waals surface area contributed by atoms with Crippen molar-refractivity contribution in [3.63, 3.8) is 0 Å². The third-order valence-corrected chi connectivity index (χ3v) is 2.46. The fraction of sp³-hybridized carbons (Fsp3) is 0.333. The highest BCUT2D eigenvalue weighted by molar-refractivity contribution is 7.99. The Hall–Kier alpha value is -0.650. The molecule has 0 aromatic heterocycles. The van der Waals surface area contributed by atoms with Gasteiger partial charge in [-0.05, 0) is 24.6 Å². The highest BCUT2D eigenvalue weighted by atomic mass is 32.2. The number of nitrogens with two attached hydrogens (primary N) is 1. The van der Waals surface area contributed by atoms with E-state index in [9.17, 15) is 8.78 Å². The monoisotopic (exact) mass is 219 g/mol. The second-order valence-electron chi connectivity index (χ2n) is 2.73. The molecular formula is C9H11F2NOS. The van der Waals surface area contributed by atoms with Crippen molar-refractivity contribution < 1.29 is 13.6 Å². The largest absolute Gasteiger partial charge is 0.297 e. The number of hydrogen-bond donors (Lipinski definition) is 1. The molecule has 0 aliphatic carbocycles. The van der Waals surface area contributed by atoms with Crippen LogP contribution in [0.5, 0.6) is 0 Å². The van der Waals surface area contributed by atoms with E-state index in [0.29, 0.717) is 16.7 Å². The highest BCUT2D eigenvalue weighted by Gasteiger charge is 2.08. The Morgan fingerprint density at radius 2 is 2.14 bits per heavy atom. The molecule has 0 aliphatic rings. The second kappa shape index (κ2) is 5.29. The maximum absolute atomic E-state index is 12.0. The molecule has 0 heterocycles. The fourth-order valence-electron chi connectivity index (χ4n) is 1.02. The molecule has 2 nitrogen and oxygen atoms in total. The zero-order valence-electron chi connectivity index (χ0n) is 7.61. The van der Waals surface area contributed by atoms with Crippen LogP contribution in [-0.4, -0.2) is 5.76 Å². The maximum atomic E-state index is 12.0. The summed E-state index contributed by atoms with van der Waals surface area (Å²) in [6, 6.07) is 6.76. The van der Waals surface area contributed by atoms with Gasteiger partial charge in [0.25, 0.3) is 5.76 Å². The Kier molecular flexibility index (Phi) is 4.31. The first-order valence-electron chi connectivity index (χ1n) is 4.04. The van der Waals surface area contributed by atoms with Crippen molar-refractivity contribution in [2.75, 3.05) is 0 Å². The average molecular weight is 219 g/mol. The SMILES string of the molecule is CC(ON)c1cccc(SC(F)F)c1. The van der Waals surface area contributed by atoms with Gasteiger partial charge in [0.15, 0.2) is 0 Å². The van der Waals surface area contributed by atoms with Gasteiger partial charge in [-0.1, -0.05) is 23.9 Å². The molecule has 1 aromatic carbocycles. The quantitative estimate of drug-likeness (QED) is 0.624. The molecule has 14 heavy (non-hydrogen) atoms. The van der Waals surface area contributed by atoms with Crippen LogP contribution in [0.3, 0.4) is 0 Å². The van der Waals surface area contributed by atoms with Crippen molar-refractivity contribution in [2.24, 2.45) is 5.90 Å². The lowest BCUT2D eigenvalue weighted by Crippen LogP contribution is -2.05. The van der Waals surface area contributed by atoms with Gasteiger partial charge in [0.2, 0.25) is 0 Å². The van der Waals surface area contributed by atoms with Crippen LogP contribution < -0.4 is 5.90 Å². The minimum Gasteiger partial charge on any atom is -0.297 e. The summed E-state index contributed by atoms with van der Waals surface area (Å²) in [7, 11) is 0. The summed E-state index contributed by atoms with van der Waals surface area (Å²) >= 11 is 0.511. The van der Waals surface area contributed by atoms with E-state index in [4.69, 9.17) is 5.90 Å². The summed E-state index contributed by atoms with van der Waals surface area (Å²) in [6.45, 7) is 1.76. The van der Waals surface area contributed by atoms with Gasteiger partial charge in [0.1, 0.15) is 6.10 Å². The van der Waals surface area contributed by atoms with E-state index in [2.05, 4.69) is 4.84 Å². The molecule has 1 aromatic rings. The smallest absolute Gasteiger partial charge is 0.288 e. The molecule has 0 fully saturated rings. The molecule has 2 N–H and O–H groups in total. The van der Waals surface area contributed by atoms with Gasteiger partial charge in [-0.15, -0.1) is 0 Å². The molecule has 0 spiro atoms. The van der Waals surface area contributed by atoms with E-state index < -0.39 is 5.76 Å². The summed E-state index contributed by atoms with van der Waals surface area (Å²) in [4.78, 5) is 5.11. The van der Waals surface area contributed by atoms with Crippen LogP contribution in [0, 0.1) is 0 Å². The lowest BCUT2D eigenvalue weighted by atomic mass is 10.1. The minimum atomic E-state index is -2.40. The summed E-state index contributed by atoms with van der Waals surface area (Å²) in [5, 5.41) is 0. The van der Waals surface area contributed by atoms with Gasteiger partial charge in [-0.2, -0.15) is 8.78 Å². The van der Waals surface area contributed by atoms with E-state index in [1.165, 1.54) is 0 Å². The zero-order chi connectivity index (χ0) is 10.6. The molecule has 78 valence electrons. The molecule has 5 heteroatoms. The molecule has 1 rings (SSSR count). The summed E-state index contributed by atoms with van der Waals surface area (Å²) in [6.07, 6.45) is -0.284. The predicted octanol–water partition coefficient (Wildman–Crippen LogP) is 2.95. The lowest BCUT2D eigenvalue weighted by Gasteiger charge is -2.09. The topological polar surface area (TPSA) is 35.2 Å². The van der Waals surface area contributed by atoms with Gasteiger partial charge in [-0.25, -0.2) is 5.90 Å². The predicted molar refractivity (Wildman–Crippen MR) is 52.0 cm³/mol. The van der Waals surface area contributed by atoms with E-state index in [1.54, 1.807) is 31.2 Å². The standard InChI is InChI=1S/C9H11F2NOS/c1-6(13-12)7-3-2-4-8(5-7)14-9(10)11/h2-6,9H,12H2,1H3. The van der Waals surface area contributed by atoms with Crippen molar-refractivity contribution >= 4 is 11.8 Å². The van der Waals surface area contributed by atoms with Gasteiger partial charge in [0.05, 0.1) is 0 Å². The first-order chi connectivity index (χ1) is 6.63. The maximum Gasteiger partial charge on any atom is 0.288 e. The van der Waals surface area contributed by atoms with E-state index >= 15 is 0 Å². The van der Waals surface area contributed by atoms with Crippen LogP contribution >= 0.6 is 11.8 Å². The van der Waals surface area contributed by atoms with Crippen LogP contribution in [0.15, 0.2) is 29.2 Å². The average Bonchev–Trinajstić information content (AvgIpc) is 2.16. The van der Waals surface area contributed by atoms with Crippen LogP contribution in [-0.2, 0) is 4.84 Å². The molecule has 1 unspecified atom stereocenters. The summed E-state index contributed by atoms with van der Waals surface area (Å²) < 4.78 is 24.1. The molecular weight excluding hydrogens is 208 g/mol. The minimum absolute atomic E-state index is 0.284. The Morgan fingerprint density at radius 1 is 1.43 bits per heavy atom. The third kappa shape index (κ3) is 3.25. The molecule has 0 saturated heterocycles. The van der Waals surface area contributed by atoms with Crippen LogP contribution in [0.4, 0.5) is 8.78 Å². The van der Waals surface area contributed by atoms with Crippen molar-refractivity contribution in [3.05, 3.63) is 29.8 Å². The van der Waals surface area contributed by atoms with Crippen molar-refractivity contribution in [1.82, 2.24) is 0 Å². The normalized spacial score (nSPS) is 13.2. The molecule has 1 atom stereocenters. The third-order valence-electron chi connectivity index (χ3n) is 1.76. The molecule has 0 bridgehead atoms. The fourth-order valence-corrected chi connectivity index (χ4v) is 1.59. The highest BCUT2D eigenvalue weighted by Crippen LogP contribution is 2.27. The van der Waals surface area contributed by atoms with Crippen molar-refractivity contribution in [2.45, 2.75) is 23.7 Å². The lowest BCUT2D eigenvalue weighted by molar-refractivity contribution is 0.0663. The van der Waals surface area contributed by atoms with E-state index in [-0.39, 0.29) is 6.10 Å². The zero-order valence-corrected chi connectivity index (χ0v) is 8.43. The van der Waals surface area contributed by atoms with Crippen LogP contribution in [0.2, 0.25) is 0 Å². The molecule has 0 amide bonds. The first-order valence-corrected chi connectivity index (χ1v) is 4.91.